The number of hydrogen-bond donors (Lipinski definition) is 1. The average molecular weight is 271 g/mol. The Morgan fingerprint density at radius 2 is 1.74 bits per heavy atom. The molecule has 2 rings (SSSR count). The summed E-state index contributed by atoms with van der Waals surface area (Å²) in [5.41, 5.74) is 3.06. The first kappa shape index (κ1) is 13.7. The normalized spacial score (nSPS) is 10.3. The summed E-state index contributed by atoms with van der Waals surface area (Å²) >= 11 is 4.22. The fourth-order valence-corrected chi connectivity index (χ4v) is 2.09. The maximum atomic E-state index is 12.3. The Morgan fingerprint density at radius 1 is 1.11 bits per heavy atom. The molecule has 0 bridgehead atoms. The molecule has 0 aromatic heterocycles. The van der Waals surface area contributed by atoms with Crippen LogP contribution >= 0.6 is 12.6 Å². The largest absolute Gasteiger partial charge is 0.337 e. The molecule has 0 saturated carbocycles. The quantitative estimate of drug-likeness (QED) is 0.846. The second-order valence-corrected chi connectivity index (χ2v) is 5.15. The van der Waals surface area contributed by atoms with Crippen molar-refractivity contribution < 1.29 is 4.79 Å². The molecule has 0 heterocycles. The van der Waals surface area contributed by atoms with Gasteiger partial charge >= 0.3 is 0 Å². The Labute approximate surface area is 119 Å². The molecule has 98 valence electrons. The molecular weight excluding hydrogens is 254 g/mol. The van der Waals surface area contributed by atoms with E-state index in [1.807, 2.05) is 31.3 Å². The summed E-state index contributed by atoms with van der Waals surface area (Å²) in [6.45, 7) is 2.68. The van der Waals surface area contributed by atoms with Crippen molar-refractivity contribution in [1.82, 2.24) is 4.90 Å². The lowest BCUT2D eigenvalue weighted by molar-refractivity contribution is 0.0785. The number of carbonyl (C=O) groups is 1. The van der Waals surface area contributed by atoms with E-state index in [1.165, 1.54) is 11.1 Å². The highest BCUT2D eigenvalue weighted by Gasteiger charge is 2.12. The molecule has 0 N–H and O–H groups in total. The SMILES string of the molecule is Cc1ccccc1CN(C)C(=O)c1ccc(S)cc1. The van der Waals surface area contributed by atoms with Gasteiger partial charge in [0, 0.05) is 24.1 Å². The topological polar surface area (TPSA) is 20.3 Å². The first-order valence-electron chi connectivity index (χ1n) is 6.17. The van der Waals surface area contributed by atoms with Crippen molar-refractivity contribution in [3.8, 4) is 0 Å². The molecule has 19 heavy (non-hydrogen) atoms. The third kappa shape index (κ3) is 3.38. The van der Waals surface area contributed by atoms with Gasteiger partial charge in [-0.3, -0.25) is 4.79 Å². The number of benzene rings is 2. The van der Waals surface area contributed by atoms with Gasteiger partial charge in [-0.25, -0.2) is 0 Å². The van der Waals surface area contributed by atoms with Gasteiger partial charge in [-0.1, -0.05) is 24.3 Å². The summed E-state index contributed by atoms with van der Waals surface area (Å²) in [6.07, 6.45) is 0. The lowest BCUT2D eigenvalue weighted by Gasteiger charge is -2.18. The first-order chi connectivity index (χ1) is 9.08. The second kappa shape index (κ2) is 5.93. The van der Waals surface area contributed by atoms with Crippen LogP contribution in [-0.4, -0.2) is 17.9 Å². The summed E-state index contributed by atoms with van der Waals surface area (Å²) < 4.78 is 0. The molecule has 0 aliphatic rings. The molecule has 1 amide bonds. The maximum Gasteiger partial charge on any atom is 0.253 e. The van der Waals surface area contributed by atoms with E-state index in [-0.39, 0.29) is 5.91 Å². The molecule has 0 spiro atoms. The van der Waals surface area contributed by atoms with E-state index in [1.54, 1.807) is 17.0 Å². The van der Waals surface area contributed by atoms with Crippen LogP contribution in [0.5, 0.6) is 0 Å². The number of aryl methyl sites for hydroxylation is 1. The maximum absolute atomic E-state index is 12.3. The van der Waals surface area contributed by atoms with Crippen LogP contribution < -0.4 is 0 Å². The van der Waals surface area contributed by atoms with Gasteiger partial charge in [0.15, 0.2) is 0 Å². The highest BCUT2D eigenvalue weighted by atomic mass is 32.1. The molecule has 0 unspecified atom stereocenters. The highest BCUT2D eigenvalue weighted by molar-refractivity contribution is 7.80. The minimum Gasteiger partial charge on any atom is -0.337 e. The minimum absolute atomic E-state index is 0.0246. The van der Waals surface area contributed by atoms with Crippen LogP contribution in [0.4, 0.5) is 0 Å². The van der Waals surface area contributed by atoms with Crippen LogP contribution in [-0.2, 0) is 6.54 Å². The third-order valence-electron chi connectivity index (χ3n) is 3.13. The van der Waals surface area contributed by atoms with E-state index in [9.17, 15) is 4.79 Å². The molecule has 2 aromatic carbocycles. The molecule has 0 aliphatic carbocycles. The van der Waals surface area contributed by atoms with E-state index in [0.29, 0.717) is 12.1 Å². The number of amides is 1. The second-order valence-electron chi connectivity index (χ2n) is 4.63. The molecule has 0 fully saturated rings. The molecule has 0 aliphatic heterocycles. The summed E-state index contributed by atoms with van der Waals surface area (Å²) in [7, 11) is 1.82. The smallest absolute Gasteiger partial charge is 0.253 e. The van der Waals surface area contributed by atoms with Crippen LogP contribution in [0.1, 0.15) is 21.5 Å². The van der Waals surface area contributed by atoms with Crippen LogP contribution in [0.2, 0.25) is 0 Å². The lowest BCUT2D eigenvalue weighted by atomic mass is 10.1. The Hall–Kier alpha value is -1.74. The van der Waals surface area contributed by atoms with E-state index in [2.05, 4.69) is 31.7 Å². The van der Waals surface area contributed by atoms with Crippen molar-refractivity contribution in [3.63, 3.8) is 0 Å². The van der Waals surface area contributed by atoms with Crippen molar-refractivity contribution in [2.45, 2.75) is 18.4 Å². The van der Waals surface area contributed by atoms with Gasteiger partial charge in [0.25, 0.3) is 5.91 Å². The zero-order valence-corrected chi connectivity index (χ0v) is 12.0. The average Bonchev–Trinajstić information content (AvgIpc) is 2.41. The molecule has 2 nitrogen and oxygen atoms in total. The van der Waals surface area contributed by atoms with Crippen molar-refractivity contribution in [3.05, 3.63) is 65.2 Å². The predicted octanol–water partition coefficient (Wildman–Crippen LogP) is 3.56. The molecule has 0 saturated heterocycles. The third-order valence-corrected chi connectivity index (χ3v) is 3.43. The first-order valence-corrected chi connectivity index (χ1v) is 6.61. The highest BCUT2D eigenvalue weighted by Crippen LogP contribution is 2.13. The van der Waals surface area contributed by atoms with Crippen molar-refractivity contribution in [1.29, 1.82) is 0 Å². The fourth-order valence-electron chi connectivity index (χ4n) is 1.94. The monoisotopic (exact) mass is 271 g/mol. The summed E-state index contributed by atoms with van der Waals surface area (Å²) in [4.78, 5) is 14.9. The zero-order valence-electron chi connectivity index (χ0n) is 11.1. The number of hydrogen-bond acceptors (Lipinski definition) is 2. The molecule has 0 atom stereocenters. The van der Waals surface area contributed by atoms with Gasteiger partial charge in [0.1, 0.15) is 0 Å². The fraction of sp³-hybridized carbons (Fsp3) is 0.188. The Morgan fingerprint density at radius 3 is 2.37 bits per heavy atom. The van der Waals surface area contributed by atoms with Crippen LogP contribution in [0.3, 0.4) is 0 Å². The molecule has 3 heteroatoms. The van der Waals surface area contributed by atoms with Gasteiger partial charge in [0.05, 0.1) is 0 Å². The van der Waals surface area contributed by atoms with Gasteiger partial charge < -0.3 is 4.90 Å². The summed E-state index contributed by atoms with van der Waals surface area (Å²) in [5, 5.41) is 0. The van der Waals surface area contributed by atoms with Crippen molar-refractivity contribution >= 4 is 18.5 Å². The Kier molecular flexibility index (Phi) is 4.27. The lowest BCUT2D eigenvalue weighted by Crippen LogP contribution is -2.26. The number of carbonyl (C=O) groups excluding carboxylic acids is 1. The Balaban J connectivity index is 2.12. The van der Waals surface area contributed by atoms with Gasteiger partial charge in [-0.15, -0.1) is 12.6 Å². The zero-order chi connectivity index (χ0) is 13.8. The van der Waals surface area contributed by atoms with Crippen molar-refractivity contribution in [2.24, 2.45) is 0 Å². The molecule has 2 aromatic rings. The van der Waals surface area contributed by atoms with Crippen molar-refractivity contribution in [2.75, 3.05) is 7.05 Å². The summed E-state index contributed by atoms with van der Waals surface area (Å²) in [6, 6.07) is 15.4. The van der Waals surface area contributed by atoms with Crippen LogP contribution in [0.15, 0.2) is 53.4 Å². The number of rotatable bonds is 3. The van der Waals surface area contributed by atoms with E-state index < -0.39 is 0 Å². The molecule has 0 radical (unpaired) electrons. The van der Waals surface area contributed by atoms with E-state index >= 15 is 0 Å². The predicted molar refractivity (Wildman–Crippen MR) is 80.7 cm³/mol. The standard InChI is InChI=1S/C16H17NOS/c1-12-5-3-4-6-14(12)11-17(2)16(18)13-7-9-15(19)10-8-13/h3-10,19H,11H2,1-2H3. The number of thiol groups is 1. The van der Waals surface area contributed by atoms with Gasteiger partial charge in [-0.2, -0.15) is 0 Å². The van der Waals surface area contributed by atoms with E-state index in [0.717, 1.165) is 4.90 Å². The van der Waals surface area contributed by atoms with Gasteiger partial charge in [0.2, 0.25) is 0 Å². The Bertz CT molecular complexity index is 578. The number of nitrogens with zero attached hydrogens (tertiary/aromatic N) is 1. The van der Waals surface area contributed by atoms with Crippen LogP contribution in [0, 0.1) is 6.92 Å². The minimum atomic E-state index is 0.0246. The molecular formula is C16H17NOS. The van der Waals surface area contributed by atoms with Crippen LogP contribution in [0.25, 0.3) is 0 Å². The van der Waals surface area contributed by atoms with E-state index in [4.69, 9.17) is 0 Å². The van der Waals surface area contributed by atoms with Gasteiger partial charge in [-0.05, 0) is 42.3 Å². The summed E-state index contributed by atoms with van der Waals surface area (Å²) in [5.74, 6) is 0.0246.